The number of amides is 1. The largest absolute Gasteiger partial charge is 0.355 e. The van der Waals surface area contributed by atoms with Gasteiger partial charge in [0, 0.05) is 32.1 Å². The number of rotatable bonds is 9. The van der Waals surface area contributed by atoms with E-state index in [1.165, 1.54) is 43.5 Å². The van der Waals surface area contributed by atoms with Gasteiger partial charge in [-0.1, -0.05) is 44.5 Å². The van der Waals surface area contributed by atoms with E-state index >= 15 is 0 Å². The van der Waals surface area contributed by atoms with Crippen molar-refractivity contribution in [2.45, 2.75) is 58.5 Å². The first kappa shape index (κ1) is 18.9. The fourth-order valence-electron chi connectivity index (χ4n) is 3.03. The van der Waals surface area contributed by atoms with Crippen molar-refractivity contribution in [2.75, 3.05) is 26.2 Å². The van der Waals surface area contributed by atoms with Crippen molar-refractivity contribution >= 4 is 5.91 Å². The highest BCUT2D eigenvalue weighted by Crippen LogP contribution is 2.08. The van der Waals surface area contributed by atoms with Crippen LogP contribution in [0, 0.1) is 0 Å². The molecule has 1 saturated heterocycles. The highest BCUT2D eigenvalue weighted by molar-refractivity contribution is 5.76. The zero-order chi connectivity index (χ0) is 17.2. The van der Waals surface area contributed by atoms with E-state index < -0.39 is 0 Å². The Kier molecular flexibility index (Phi) is 8.26. The van der Waals surface area contributed by atoms with Crippen LogP contribution in [0.15, 0.2) is 24.3 Å². The van der Waals surface area contributed by atoms with Crippen molar-refractivity contribution in [3.05, 3.63) is 35.4 Å². The van der Waals surface area contributed by atoms with Crippen LogP contribution in [0.25, 0.3) is 0 Å². The van der Waals surface area contributed by atoms with Gasteiger partial charge in [0.15, 0.2) is 0 Å². The van der Waals surface area contributed by atoms with E-state index in [1.54, 1.807) is 0 Å². The molecule has 1 aliphatic heterocycles. The number of carbonyl (C=O) groups is 1. The van der Waals surface area contributed by atoms with Gasteiger partial charge in [0.05, 0.1) is 0 Å². The van der Waals surface area contributed by atoms with Crippen LogP contribution in [-0.2, 0) is 17.8 Å². The quantitative estimate of drug-likeness (QED) is 0.731. The Hall–Kier alpha value is -1.39. The summed E-state index contributed by atoms with van der Waals surface area (Å²) in [5.41, 5.74) is 2.52. The van der Waals surface area contributed by atoms with Crippen LogP contribution < -0.4 is 10.6 Å². The zero-order valence-corrected chi connectivity index (χ0v) is 15.3. The third-order valence-electron chi connectivity index (χ3n) is 4.58. The highest BCUT2D eigenvalue weighted by Gasteiger charge is 2.10. The molecule has 2 N–H and O–H groups in total. The van der Waals surface area contributed by atoms with Gasteiger partial charge < -0.3 is 15.5 Å². The molecule has 0 radical (unpaired) electrons. The summed E-state index contributed by atoms with van der Waals surface area (Å²) in [6, 6.07) is 9.08. The van der Waals surface area contributed by atoms with Crippen LogP contribution in [0.2, 0.25) is 0 Å². The van der Waals surface area contributed by atoms with E-state index in [2.05, 4.69) is 53.6 Å². The molecule has 0 unspecified atom stereocenters. The maximum absolute atomic E-state index is 12.0. The summed E-state index contributed by atoms with van der Waals surface area (Å²) >= 11 is 0. The van der Waals surface area contributed by atoms with Crippen molar-refractivity contribution in [3.8, 4) is 0 Å². The Morgan fingerprint density at radius 2 is 1.75 bits per heavy atom. The van der Waals surface area contributed by atoms with Crippen molar-refractivity contribution in [2.24, 2.45) is 0 Å². The van der Waals surface area contributed by atoms with Crippen LogP contribution in [0.1, 0.15) is 50.7 Å². The Balaban J connectivity index is 1.60. The van der Waals surface area contributed by atoms with E-state index in [-0.39, 0.29) is 5.91 Å². The highest BCUT2D eigenvalue weighted by atomic mass is 16.1. The molecule has 1 aromatic rings. The number of hydrogen-bond donors (Lipinski definition) is 2. The predicted molar refractivity (Wildman–Crippen MR) is 100 cm³/mol. The molecule has 4 nitrogen and oxygen atoms in total. The molecule has 0 aromatic heterocycles. The smallest absolute Gasteiger partial charge is 0.220 e. The summed E-state index contributed by atoms with van der Waals surface area (Å²) < 4.78 is 0. The summed E-state index contributed by atoms with van der Waals surface area (Å²) in [5, 5.41) is 6.47. The lowest BCUT2D eigenvalue weighted by Gasteiger charge is -2.26. The standard InChI is InChI=1S/C20H33N3O/c1-17(2)22-16-19-8-6-18(7-9-19)10-11-20(24)21-12-15-23-13-4-3-5-14-23/h6-9,17,22H,3-5,10-16H2,1-2H3,(H,21,24). The third-order valence-corrected chi connectivity index (χ3v) is 4.58. The molecule has 0 bridgehead atoms. The summed E-state index contributed by atoms with van der Waals surface area (Å²) in [6.45, 7) is 9.34. The van der Waals surface area contributed by atoms with E-state index in [9.17, 15) is 4.79 Å². The minimum atomic E-state index is 0.164. The number of piperidine rings is 1. The Bertz CT molecular complexity index is 478. The van der Waals surface area contributed by atoms with Gasteiger partial charge in [0.1, 0.15) is 0 Å². The molecular formula is C20H33N3O. The number of nitrogens with zero attached hydrogens (tertiary/aromatic N) is 1. The second kappa shape index (κ2) is 10.5. The molecule has 1 aliphatic rings. The Morgan fingerprint density at radius 3 is 2.42 bits per heavy atom. The second-order valence-electron chi connectivity index (χ2n) is 7.10. The lowest BCUT2D eigenvalue weighted by Crippen LogP contribution is -2.37. The first-order chi connectivity index (χ1) is 11.6. The molecular weight excluding hydrogens is 298 g/mol. The molecule has 2 rings (SSSR count). The number of benzene rings is 1. The van der Waals surface area contributed by atoms with Crippen LogP contribution in [0.5, 0.6) is 0 Å². The lowest BCUT2D eigenvalue weighted by atomic mass is 10.1. The fourth-order valence-corrected chi connectivity index (χ4v) is 3.03. The first-order valence-electron chi connectivity index (χ1n) is 9.44. The maximum atomic E-state index is 12.0. The molecule has 1 amide bonds. The van der Waals surface area contributed by atoms with Gasteiger partial charge in [-0.3, -0.25) is 4.79 Å². The van der Waals surface area contributed by atoms with Gasteiger partial charge in [0.25, 0.3) is 0 Å². The second-order valence-corrected chi connectivity index (χ2v) is 7.10. The first-order valence-corrected chi connectivity index (χ1v) is 9.44. The van der Waals surface area contributed by atoms with Crippen LogP contribution in [0.3, 0.4) is 0 Å². The van der Waals surface area contributed by atoms with E-state index in [4.69, 9.17) is 0 Å². The van der Waals surface area contributed by atoms with E-state index in [0.717, 1.165) is 26.1 Å². The number of likely N-dealkylation sites (tertiary alicyclic amines) is 1. The fraction of sp³-hybridized carbons (Fsp3) is 0.650. The molecule has 0 aliphatic carbocycles. The Labute approximate surface area is 147 Å². The van der Waals surface area contributed by atoms with Crippen molar-refractivity contribution < 1.29 is 4.79 Å². The molecule has 1 heterocycles. The van der Waals surface area contributed by atoms with Crippen LogP contribution >= 0.6 is 0 Å². The monoisotopic (exact) mass is 331 g/mol. The van der Waals surface area contributed by atoms with Gasteiger partial charge in [0.2, 0.25) is 5.91 Å². The Morgan fingerprint density at radius 1 is 1.08 bits per heavy atom. The average Bonchev–Trinajstić information content (AvgIpc) is 2.60. The molecule has 0 spiro atoms. The SMILES string of the molecule is CC(C)NCc1ccc(CCC(=O)NCCN2CCCCC2)cc1. The topological polar surface area (TPSA) is 44.4 Å². The summed E-state index contributed by atoms with van der Waals surface area (Å²) in [7, 11) is 0. The van der Waals surface area contributed by atoms with E-state index in [1.807, 2.05) is 0 Å². The number of aryl methyl sites for hydroxylation is 1. The number of hydrogen-bond acceptors (Lipinski definition) is 3. The molecule has 1 aromatic carbocycles. The molecule has 24 heavy (non-hydrogen) atoms. The van der Waals surface area contributed by atoms with Gasteiger partial charge >= 0.3 is 0 Å². The maximum Gasteiger partial charge on any atom is 0.220 e. The molecule has 134 valence electrons. The summed E-state index contributed by atoms with van der Waals surface area (Å²) in [5.74, 6) is 0.164. The molecule has 4 heteroatoms. The van der Waals surface area contributed by atoms with Crippen LogP contribution in [-0.4, -0.2) is 43.0 Å². The normalized spacial score (nSPS) is 15.6. The molecule has 0 saturated carbocycles. The van der Waals surface area contributed by atoms with Crippen molar-refractivity contribution in [1.82, 2.24) is 15.5 Å². The van der Waals surface area contributed by atoms with Gasteiger partial charge in [-0.05, 0) is 43.5 Å². The van der Waals surface area contributed by atoms with Crippen LogP contribution in [0.4, 0.5) is 0 Å². The molecule has 1 fully saturated rings. The molecule has 0 atom stereocenters. The van der Waals surface area contributed by atoms with Crippen molar-refractivity contribution in [3.63, 3.8) is 0 Å². The van der Waals surface area contributed by atoms with Gasteiger partial charge in [-0.25, -0.2) is 0 Å². The third kappa shape index (κ3) is 7.45. The van der Waals surface area contributed by atoms with Gasteiger partial charge in [-0.2, -0.15) is 0 Å². The average molecular weight is 332 g/mol. The summed E-state index contributed by atoms with van der Waals surface area (Å²) in [6.07, 6.45) is 5.35. The lowest BCUT2D eigenvalue weighted by molar-refractivity contribution is -0.121. The zero-order valence-electron chi connectivity index (χ0n) is 15.3. The van der Waals surface area contributed by atoms with E-state index in [0.29, 0.717) is 12.5 Å². The number of carbonyl (C=O) groups excluding carboxylic acids is 1. The van der Waals surface area contributed by atoms with Crippen molar-refractivity contribution in [1.29, 1.82) is 0 Å². The minimum absolute atomic E-state index is 0.164. The minimum Gasteiger partial charge on any atom is -0.355 e. The van der Waals surface area contributed by atoms with Gasteiger partial charge in [-0.15, -0.1) is 0 Å². The number of nitrogens with one attached hydrogen (secondary N) is 2. The predicted octanol–water partition coefficient (Wildman–Crippen LogP) is 2.72. The summed E-state index contributed by atoms with van der Waals surface area (Å²) in [4.78, 5) is 14.4.